The maximum atomic E-state index is 13.6. The normalized spacial score (nSPS) is 15.2. The van der Waals surface area contributed by atoms with E-state index in [1.54, 1.807) is 18.3 Å². The molecular weight excluding hydrogens is 403 g/mol. The average molecular weight is 417 g/mol. The fourth-order valence-electron chi connectivity index (χ4n) is 3.35. The van der Waals surface area contributed by atoms with E-state index in [0.29, 0.717) is 54.3 Å². The highest BCUT2D eigenvalue weighted by Crippen LogP contribution is 2.38. The van der Waals surface area contributed by atoms with Gasteiger partial charge < -0.3 is 19.8 Å². The van der Waals surface area contributed by atoms with Gasteiger partial charge >= 0.3 is 6.18 Å². The Labute approximate surface area is 166 Å². The SMILES string of the molecule is Nc1ncc(-c2nc(N3CCOCC3)c3oc4ncccc4c3n2)c(C(F)(F)F)n1. The lowest BCUT2D eigenvalue weighted by Gasteiger charge is -2.27. The molecule has 5 rings (SSSR count). The fraction of sp³-hybridized carbons (Fsp3) is 0.278. The van der Waals surface area contributed by atoms with Gasteiger partial charge in [0.15, 0.2) is 22.9 Å². The minimum atomic E-state index is -4.76. The molecular formula is C18H14F3N7O2. The van der Waals surface area contributed by atoms with E-state index in [2.05, 4.69) is 24.9 Å². The molecule has 0 aliphatic carbocycles. The number of anilines is 2. The first-order chi connectivity index (χ1) is 14.4. The second-order valence-electron chi connectivity index (χ2n) is 6.59. The highest BCUT2D eigenvalue weighted by molar-refractivity contribution is 6.05. The van der Waals surface area contributed by atoms with Crippen molar-refractivity contribution in [2.24, 2.45) is 0 Å². The summed E-state index contributed by atoms with van der Waals surface area (Å²) in [6, 6.07) is 3.43. The number of nitrogens with zero attached hydrogens (tertiary/aromatic N) is 6. The summed E-state index contributed by atoms with van der Waals surface area (Å²) in [7, 11) is 0. The number of alkyl halides is 3. The maximum absolute atomic E-state index is 13.6. The topological polar surface area (TPSA) is 116 Å². The van der Waals surface area contributed by atoms with Crippen LogP contribution in [-0.2, 0) is 10.9 Å². The van der Waals surface area contributed by atoms with Crippen LogP contribution in [0.4, 0.5) is 24.9 Å². The molecule has 1 fully saturated rings. The Morgan fingerprint density at radius 1 is 1.07 bits per heavy atom. The number of morpholine rings is 1. The van der Waals surface area contributed by atoms with E-state index in [0.717, 1.165) is 6.20 Å². The minimum Gasteiger partial charge on any atom is -0.432 e. The second-order valence-corrected chi connectivity index (χ2v) is 6.59. The van der Waals surface area contributed by atoms with E-state index in [1.165, 1.54) is 0 Å². The third-order valence-corrected chi connectivity index (χ3v) is 4.70. The smallest absolute Gasteiger partial charge is 0.432 e. The van der Waals surface area contributed by atoms with Crippen LogP contribution in [0.3, 0.4) is 0 Å². The summed E-state index contributed by atoms with van der Waals surface area (Å²) in [5.74, 6) is -0.303. The molecule has 154 valence electrons. The number of rotatable bonds is 2. The van der Waals surface area contributed by atoms with Gasteiger partial charge in [-0.1, -0.05) is 0 Å². The molecule has 0 atom stereocenters. The summed E-state index contributed by atoms with van der Waals surface area (Å²) in [4.78, 5) is 21.9. The molecule has 0 amide bonds. The van der Waals surface area contributed by atoms with Crippen molar-refractivity contribution in [2.45, 2.75) is 6.18 Å². The predicted molar refractivity (Wildman–Crippen MR) is 101 cm³/mol. The molecule has 1 saturated heterocycles. The summed E-state index contributed by atoms with van der Waals surface area (Å²) in [6.45, 7) is 1.91. The molecule has 30 heavy (non-hydrogen) atoms. The van der Waals surface area contributed by atoms with Gasteiger partial charge in [-0.3, -0.25) is 0 Å². The number of furan rings is 1. The van der Waals surface area contributed by atoms with Crippen molar-refractivity contribution in [1.29, 1.82) is 0 Å². The molecule has 0 aromatic carbocycles. The van der Waals surface area contributed by atoms with Gasteiger partial charge in [-0.15, -0.1) is 0 Å². The number of fused-ring (bicyclic) bond motifs is 3. The lowest BCUT2D eigenvalue weighted by atomic mass is 10.2. The zero-order valence-electron chi connectivity index (χ0n) is 15.3. The first-order valence-electron chi connectivity index (χ1n) is 9.00. The summed E-state index contributed by atoms with van der Waals surface area (Å²) < 4.78 is 52.1. The van der Waals surface area contributed by atoms with Crippen LogP contribution in [0.25, 0.3) is 33.6 Å². The Bertz CT molecular complexity index is 1250. The van der Waals surface area contributed by atoms with Crippen LogP contribution in [-0.4, -0.2) is 51.2 Å². The molecule has 0 spiro atoms. The molecule has 0 saturated carbocycles. The molecule has 0 unspecified atom stereocenters. The molecule has 5 heterocycles. The molecule has 0 bridgehead atoms. The summed E-state index contributed by atoms with van der Waals surface area (Å²) >= 11 is 0. The standard InChI is InChI=1S/C18H14F3N7O2/c19-18(20,21)13-10(8-24-17(22)26-13)14-25-11-9-2-1-3-23-16(9)30-12(11)15(27-14)28-4-6-29-7-5-28/h1-3,8H,4-7H2,(H2,22,24,26). The number of halogens is 3. The van der Waals surface area contributed by atoms with Crippen molar-refractivity contribution >= 4 is 34.0 Å². The van der Waals surface area contributed by atoms with Crippen LogP contribution in [0.5, 0.6) is 0 Å². The van der Waals surface area contributed by atoms with E-state index in [1.807, 2.05) is 4.90 Å². The van der Waals surface area contributed by atoms with Gasteiger partial charge in [-0.05, 0) is 12.1 Å². The van der Waals surface area contributed by atoms with Crippen LogP contribution >= 0.6 is 0 Å². The van der Waals surface area contributed by atoms with Crippen LogP contribution in [0.2, 0.25) is 0 Å². The number of hydrogen-bond acceptors (Lipinski definition) is 9. The molecule has 9 nitrogen and oxygen atoms in total. The van der Waals surface area contributed by atoms with E-state index in [4.69, 9.17) is 14.9 Å². The zero-order valence-corrected chi connectivity index (χ0v) is 15.3. The molecule has 1 aliphatic rings. The molecule has 2 N–H and O–H groups in total. The van der Waals surface area contributed by atoms with Gasteiger partial charge in [-0.25, -0.2) is 24.9 Å². The molecule has 0 radical (unpaired) electrons. The Balaban J connectivity index is 1.81. The first kappa shape index (κ1) is 18.5. The number of nitrogen functional groups attached to an aromatic ring is 1. The Hall–Kier alpha value is -3.54. The summed E-state index contributed by atoms with van der Waals surface area (Å²) in [5.41, 5.74) is 4.84. The van der Waals surface area contributed by atoms with Crippen LogP contribution < -0.4 is 10.6 Å². The van der Waals surface area contributed by atoms with Crippen LogP contribution in [0, 0.1) is 0 Å². The molecule has 4 aromatic rings. The summed E-state index contributed by atoms with van der Waals surface area (Å²) in [6.07, 6.45) is -2.22. The van der Waals surface area contributed by atoms with Crippen LogP contribution in [0.15, 0.2) is 28.9 Å². The minimum absolute atomic E-state index is 0.178. The molecule has 12 heteroatoms. The van der Waals surface area contributed by atoms with Crippen molar-refractivity contribution in [3.8, 4) is 11.4 Å². The monoisotopic (exact) mass is 417 g/mol. The van der Waals surface area contributed by atoms with E-state index >= 15 is 0 Å². The molecule has 4 aromatic heterocycles. The largest absolute Gasteiger partial charge is 0.434 e. The van der Waals surface area contributed by atoms with E-state index in [-0.39, 0.29) is 11.4 Å². The quantitative estimate of drug-likeness (QED) is 0.525. The van der Waals surface area contributed by atoms with Gasteiger partial charge in [0.1, 0.15) is 5.52 Å². The lowest BCUT2D eigenvalue weighted by molar-refractivity contribution is -0.140. The van der Waals surface area contributed by atoms with Crippen molar-refractivity contribution in [3.05, 3.63) is 30.2 Å². The highest BCUT2D eigenvalue weighted by atomic mass is 19.4. The summed E-state index contributed by atoms with van der Waals surface area (Å²) in [5, 5.41) is 0.565. The fourth-order valence-corrected chi connectivity index (χ4v) is 3.35. The van der Waals surface area contributed by atoms with Gasteiger partial charge in [0, 0.05) is 25.5 Å². The predicted octanol–water partition coefficient (Wildman–Crippen LogP) is 2.67. The van der Waals surface area contributed by atoms with Gasteiger partial charge in [0.25, 0.3) is 0 Å². The number of aromatic nitrogens is 5. The third kappa shape index (κ3) is 3.05. The van der Waals surface area contributed by atoms with E-state index in [9.17, 15) is 13.2 Å². The van der Waals surface area contributed by atoms with Gasteiger partial charge in [-0.2, -0.15) is 13.2 Å². The van der Waals surface area contributed by atoms with Crippen molar-refractivity contribution < 1.29 is 22.3 Å². The number of pyridine rings is 1. The maximum Gasteiger partial charge on any atom is 0.434 e. The van der Waals surface area contributed by atoms with Gasteiger partial charge in [0.2, 0.25) is 11.7 Å². The number of nitrogens with two attached hydrogens (primary N) is 1. The molecule has 1 aliphatic heterocycles. The van der Waals surface area contributed by atoms with Crippen LogP contribution in [0.1, 0.15) is 5.69 Å². The second kappa shape index (κ2) is 6.76. The highest BCUT2D eigenvalue weighted by Gasteiger charge is 2.37. The van der Waals surface area contributed by atoms with E-state index < -0.39 is 17.8 Å². The van der Waals surface area contributed by atoms with Crippen molar-refractivity contribution in [3.63, 3.8) is 0 Å². The van der Waals surface area contributed by atoms with Crippen molar-refractivity contribution in [2.75, 3.05) is 36.9 Å². The average Bonchev–Trinajstić information content (AvgIpc) is 3.12. The lowest BCUT2D eigenvalue weighted by Crippen LogP contribution is -2.37. The number of ether oxygens (including phenoxy) is 1. The Morgan fingerprint density at radius 2 is 1.87 bits per heavy atom. The Kier molecular flexibility index (Phi) is 4.17. The zero-order chi connectivity index (χ0) is 20.9. The third-order valence-electron chi connectivity index (χ3n) is 4.70. The number of hydrogen-bond donors (Lipinski definition) is 1. The first-order valence-corrected chi connectivity index (χ1v) is 9.00. The van der Waals surface area contributed by atoms with Gasteiger partial charge in [0.05, 0.1) is 24.2 Å². The van der Waals surface area contributed by atoms with Crippen molar-refractivity contribution in [1.82, 2.24) is 24.9 Å². The Morgan fingerprint density at radius 3 is 2.63 bits per heavy atom.